The van der Waals surface area contributed by atoms with Crippen LogP contribution in [0.15, 0.2) is 6.33 Å². The molecule has 26 heavy (non-hydrogen) atoms. The van der Waals surface area contributed by atoms with Gasteiger partial charge in [0, 0.05) is 31.5 Å². The quantitative estimate of drug-likeness (QED) is 0.843. The van der Waals surface area contributed by atoms with E-state index < -0.39 is 0 Å². The lowest BCUT2D eigenvalue weighted by Crippen LogP contribution is -2.45. The molecular formula is C19H31N5O2. The maximum Gasteiger partial charge on any atom is 0.225 e. The zero-order chi connectivity index (χ0) is 18.5. The Hall–Kier alpha value is -1.92. The third-order valence-corrected chi connectivity index (χ3v) is 5.74. The molecule has 0 aromatic carbocycles. The molecule has 1 saturated carbocycles. The van der Waals surface area contributed by atoms with E-state index >= 15 is 0 Å². The molecule has 144 valence electrons. The summed E-state index contributed by atoms with van der Waals surface area (Å²) in [5, 5.41) is 11.2. The standard InChI is InChI=1S/C19H31N5O2/c1-3-10-24-13-20-22-17(24)14(2)21-18(25)15-8-11-23(12-9-15)19(26)16-6-4-5-7-16/h13-16H,3-12H2,1-2H3,(H,21,25)/t14-/m0/s1. The van der Waals surface area contributed by atoms with Gasteiger partial charge in [-0.15, -0.1) is 10.2 Å². The second kappa shape index (κ2) is 8.64. The number of rotatable bonds is 6. The van der Waals surface area contributed by atoms with E-state index in [2.05, 4.69) is 22.4 Å². The summed E-state index contributed by atoms with van der Waals surface area (Å²) in [4.78, 5) is 27.1. The van der Waals surface area contributed by atoms with Crippen LogP contribution in [0, 0.1) is 11.8 Å². The van der Waals surface area contributed by atoms with E-state index in [-0.39, 0.29) is 23.8 Å². The summed E-state index contributed by atoms with van der Waals surface area (Å²) in [6.45, 7) is 6.31. The molecule has 1 atom stereocenters. The number of piperidine rings is 1. The summed E-state index contributed by atoms with van der Waals surface area (Å²) in [7, 11) is 0. The summed E-state index contributed by atoms with van der Waals surface area (Å²) >= 11 is 0. The van der Waals surface area contributed by atoms with Crippen molar-refractivity contribution in [2.75, 3.05) is 13.1 Å². The van der Waals surface area contributed by atoms with Gasteiger partial charge in [-0.2, -0.15) is 0 Å². The van der Waals surface area contributed by atoms with Gasteiger partial charge in [-0.1, -0.05) is 19.8 Å². The van der Waals surface area contributed by atoms with Crippen LogP contribution >= 0.6 is 0 Å². The monoisotopic (exact) mass is 361 g/mol. The van der Waals surface area contributed by atoms with Gasteiger partial charge in [0.15, 0.2) is 5.82 Å². The van der Waals surface area contributed by atoms with Crippen molar-refractivity contribution in [3.63, 3.8) is 0 Å². The minimum Gasteiger partial charge on any atom is -0.346 e. The van der Waals surface area contributed by atoms with Crippen molar-refractivity contribution < 1.29 is 9.59 Å². The van der Waals surface area contributed by atoms with Crippen LogP contribution in [0.3, 0.4) is 0 Å². The third kappa shape index (κ3) is 4.24. The Balaban J connectivity index is 1.48. The molecule has 1 N–H and O–H groups in total. The van der Waals surface area contributed by atoms with Crippen LogP contribution in [0.5, 0.6) is 0 Å². The predicted octanol–water partition coefficient (Wildman–Crippen LogP) is 2.29. The van der Waals surface area contributed by atoms with Gasteiger partial charge in [0.25, 0.3) is 0 Å². The fourth-order valence-corrected chi connectivity index (χ4v) is 4.20. The zero-order valence-corrected chi connectivity index (χ0v) is 16.0. The average Bonchev–Trinajstić information content (AvgIpc) is 3.33. The predicted molar refractivity (Wildman–Crippen MR) is 98.1 cm³/mol. The van der Waals surface area contributed by atoms with Gasteiger partial charge in [0.2, 0.25) is 11.8 Å². The molecule has 1 saturated heterocycles. The van der Waals surface area contributed by atoms with Crippen molar-refractivity contribution in [2.45, 2.75) is 71.4 Å². The van der Waals surface area contributed by atoms with Crippen molar-refractivity contribution in [3.8, 4) is 0 Å². The molecule has 1 aromatic heterocycles. The Morgan fingerprint density at radius 3 is 2.54 bits per heavy atom. The fourth-order valence-electron chi connectivity index (χ4n) is 4.20. The van der Waals surface area contributed by atoms with E-state index in [0.717, 1.165) is 44.5 Å². The largest absolute Gasteiger partial charge is 0.346 e. The normalized spacial score (nSPS) is 20.3. The van der Waals surface area contributed by atoms with E-state index in [1.54, 1.807) is 6.33 Å². The highest BCUT2D eigenvalue weighted by Gasteiger charge is 2.32. The average molecular weight is 361 g/mol. The van der Waals surface area contributed by atoms with Gasteiger partial charge in [-0.05, 0) is 39.0 Å². The third-order valence-electron chi connectivity index (χ3n) is 5.74. The lowest BCUT2D eigenvalue weighted by Gasteiger charge is -2.33. The SMILES string of the molecule is CCCn1cnnc1[C@H](C)NC(=O)C1CCN(C(=O)C2CCCC2)CC1. The van der Waals surface area contributed by atoms with Crippen LogP contribution < -0.4 is 5.32 Å². The number of aryl methyl sites for hydroxylation is 1. The molecule has 2 fully saturated rings. The Kier molecular flexibility index (Phi) is 6.27. The number of aromatic nitrogens is 3. The summed E-state index contributed by atoms with van der Waals surface area (Å²) in [6, 6.07) is -0.158. The van der Waals surface area contributed by atoms with Gasteiger partial charge in [-0.3, -0.25) is 9.59 Å². The molecule has 0 spiro atoms. The van der Waals surface area contributed by atoms with E-state index in [9.17, 15) is 9.59 Å². The number of carbonyl (C=O) groups is 2. The van der Waals surface area contributed by atoms with E-state index in [1.807, 2.05) is 16.4 Å². The summed E-state index contributed by atoms with van der Waals surface area (Å²) in [5.41, 5.74) is 0. The molecule has 0 unspecified atom stereocenters. The number of nitrogens with zero attached hydrogens (tertiary/aromatic N) is 4. The van der Waals surface area contributed by atoms with E-state index in [4.69, 9.17) is 0 Å². The second-order valence-electron chi connectivity index (χ2n) is 7.69. The first-order valence-electron chi connectivity index (χ1n) is 10.1. The highest BCUT2D eigenvalue weighted by atomic mass is 16.2. The fraction of sp³-hybridized carbons (Fsp3) is 0.789. The van der Waals surface area contributed by atoms with Crippen molar-refractivity contribution in [2.24, 2.45) is 11.8 Å². The Morgan fingerprint density at radius 2 is 1.88 bits per heavy atom. The molecule has 2 amide bonds. The topological polar surface area (TPSA) is 80.1 Å². The molecule has 1 aliphatic carbocycles. The molecule has 7 nitrogen and oxygen atoms in total. The van der Waals surface area contributed by atoms with E-state index in [1.165, 1.54) is 12.8 Å². The van der Waals surface area contributed by atoms with Crippen LogP contribution in [0.2, 0.25) is 0 Å². The van der Waals surface area contributed by atoms with Crippen LogP contribution in [0.4, 0.5) is 0 Å². The lowest BCUT2D eigenvalue weighted by molar-refractivity contribution is -0.139. The van der Waals surface area contributed by atoms with Crippen LogP contribution in [-0.2, 0) is 16.1 Å². The Morgan fingerprint density at radius 1 is 1.19 bits per heavy atom. The maximum atomic E-state index is 12.6. The second-order valence-corrected chi connectivity index (χ2v) is 7.69. The molecule has 2 heterocycles. The molecule has 2 aliphatic rings. The molecule has 0 radical (unpaired) electrons. The van der Waals surface area contributed by atoms with Crippen molar-refractivity contribution >= 4 is 11.8 Å². The maximum absolute atomic E-state index is 12.6. The number of amides is 2. The first-order chi connectivity index (χ1) is 12.6. The van der Waals surface area contributed by atoms with E-state index in [0.29, 0.717) is 19.0 Å². The number of hydrogen-bond donors (Lipinski definition) is 1. The lowest BCUT2D eigenvalue weighted by atomic mass is 9.94. The Bertz CT molecular complexity index is 615. The molecule has 3 rings (SSSR count). The minimum atomic E-state index is -0.158. The van der Waals surface area contributed by atoms with Crippen molar-refractivity contribution in [1.82, 2.24) is 25.0 Å². The van der Waals surface area contributed by atoms with Gasteiger partial charge in [0.05, 0.1) is 6.04 Å². The van der Waals surface area contributed by atoms with Crippen LogP contribution in [0.1, 0.15) is 70.7 Å². The van der Waals surface area contributed by atoms with Crippen molar-refractivity contribution in [1.29, 1.82) is 0 Å². The summed E-state index contributed by atoms with van der Waals surface area (Å²) in [5.74, 6) is 1.38. The molecular weight excluding hydrogens is 330 g/mol. The molecule has 1 aliphatic heterocycles. The van der Waals surface area contributed by atoms with Crippen LogP contribution in [-0.4, -0.2) is 44.6 Å². The minimum absolute atomic E-state index is 0.0207. The number of likely N-dealkylation sites (tertiary alicyclic amines) is 1. The smallest absolute Gasteiger partial charge is 0.225 e. The highest BCUT2D eigenvalue weighted by molar-refractivity contribution is 5.81. The van der Waals surface area contributed by atoms with Gasteiger partial charge in [0.1, 0.15) is 6.33 Å². The van der Waals surface area contributed by atoms with Gasteiger partial charge >= 0.3 is 0 Å². The molecule has 0 bridgehead atoms. The van der Waals surface area contributed by atoms with Crippen molar-refractivity contribution in [3.05, 3.63) is 12.2 Å². The zero-order valence-electron chi connectivity index (χ0n) is 16.0. The van der Waals surface area contributed by atoms with Crippen LogP contribution in [0.25, 0.3) is 0 Å². The molecule has 7 heteroatoms. The summed E-state index contributed by atoms with van der Waals surface area (Å²) < 4.78 is 1.99. The molecule has 1 aromatic rings. The number of nitrogens with one attached hydrogen (secondary N) is 1. The number of carbonyl (C=O) groups excluding carboxylic acids is 2. The first kappa shape index (κ1) is 18.9. The highest BCUT2D eigenvalue weighted by Crippen LogP contribution is 2.28. The Labute approximate surface area is 155 Å². The van der Waals surface area contributed by atoms with Gasteiger partial charge in [-0.25, -0.2) is 0 Å². The number of hydrogen-bond acceptors (Lipinski definition) is 4. The first-order valence-corrected chi connectivity index (χ1v) is 10.1. The summed E-state index contributed by atoms with van der Waals surface area (Å²) in [6.07, 6.45) is 8.64. The van der Waals surface area contributed by atoms with Gasteiger partial charge < -0.3 is 14.8 Å².